The van der Waals surface area contributed by atoms with Crippen LogP contribution in [-0.4, -0.2) is 31.9 Å². The second-order valence-corrected chi connectivity index (χ2v) is 8.79. The van der Waals surface area contributed by atoms with Crippen molar-refractivity contribution in [3.8, 4) is 11.3 Å². The van der Waals surface area contributed by atoms with E-state index in [-0.39, 0.29) is 17.1 Å². The zero-order valence-electron chi connectivity index (χ0n) is 17.0. The molecule has 1 fully saturated rings. The summed E-state index contributed by atoms with van der Waals surface area (Å²) in [7, 11) is 0. The Morgan fingerprint density at radius 2 is 2.03 bits per heavy atom. The molecule has 0 saturated heterocycles. The van der Waals surface area contributed by atoms with E-state index in [1.165, 1.54) is 54.2 Å². The predicted molar refractivity (Wildman–Crippen MR) is 122 cm³/mol. The maximum atomic E-state index is 12.6. The third kappa shape index (κ3) is 3.77. The minimum absolute atomic E-state index is 0.0355. The first-order valence-electron chi connectivity index (χ1n) is 10.3. The molecular formula is C22H19N5O4S. The molecule has 1 amide bonds. The summed E-state index contributed by atoms with van der Waals surface area (Å²) in [5.41, 5.74) is 0.595. The van der Waals surface area contributed by atoms with Crippen molar-refractivity contribution in [3.63, 3.8) is 0 Å². The summed E-state index contributed by atoms with van der Waals surface area (Å²) < 4.78 is 5.78. The van der Waals surface area contributed by atoms with E-state index in [1.807, 2.05) is 0 Å². The highest BCUT2D eigenvalue weighted by Crippen LogP contribution is 2.36. The number of non-ortho nitro benzene ring substituents is 1. The minimum Gasteiger partial charge on any atom is -0.457 e. The molecule has 9 nitrogen and oxygen atoms in total. The Kier molecular flexibility index (Phi) is 5.22. The fourth-order valence-electron chi connectivity index (χ4n) is 4.02. The van der Waals surface area contributed by atoms with E-state index in [0.29, 0.717) is 28.2 Å². The molecule has 2 aliphatic heterocycles. The normalized spacial score (nSPS) is 20.4. The lowest BCUT2D eigenvalue weighted by Crippen LogP contribution is -2.35. The lowest BCUT2D eigenvalue weighted by molar-refractivity contribution is -0.384. The maximum Gasteiger partial charge on any atom is 0.283 e. The monoisotopic (exact) mass is 449 g/mol. The Hall–Kier alpha value is -3.53. The van der Waals surface area contributed by atoms with E-state index in [0.717, 1.165) is 17.9 Å². The number of benzene rings is 1. The number of amidine groups is 2. The number of carbonyl (C=O) groups is 1. The average molecular weight is 449 g/mol. The van der Waals surface area contributed by atoms with E-state index in [4.69, 9.17) is 9.83 Å². The number of thioether (sulfide) groups is 1. The number of rotatable bonds is 4. The number of hydrazone groups is 1. The fourth-order valence-corrected chi connectivity index (χ4v) is 5.08. The number of fused-ring (bicyclic) bond motifs is 1. The van der Waals surface area contributed by atoms with Gasteiger partial charge in [0.05, 0.1) is 10.5 Å². The first kappa shape index (κ1) is 20.4. The van der Waals surface area contributed by atoms with Crippen molar-refractivity contribution in [1.82, 2.24) is 5.01 Å². The van der Waals surface area contributed by atoms with Gasteiger partial charge in [-0.15, -0.1) is 0 Å². The number of nitro groups is 1. The smallest absolute Gasteiger partial charge is 0.283 e. The molecular weight excluding hydrogens is 430 g/mol. The van der Waals surface area contributed by atoms with Gasteiger partial charge in [0.2, 0.25) is 5.17 Å². The van der Waals surface area contributed by atoms with Crippen LogP contribution in [0.4, 0.5) is 5.69 Å². The van der Waals surface area contributed by atoms with Gasteiger partial charge in [0, 0.05) is 23.6 Å². The molecule has 0 bridgehead atoms. The number of amides is 1. The summed E-state index contributed by atoms with van der Waals surface area (Å²) in [6.07, 6.45) is 7.19. The topological polar surface area (TPSA) is 125 Å². The number of nitro benzene ring substituents is 1. The van der Waals surface area contributed by atoms with Crippen LogP contribution >= 0.6 is 11.8 Å². The number of hydrogen-bond acceptors (Lipinski definition) is 7. The number of furan rings is 1. The first-order chi connectivity index (χ1) is 15.5. The number of nitrogens with zero attached hydrogens (tertiary/aromatic N) is 4. The van der Waals surface area contributed by atoms with Crippen LogP contribution in [0.25, 0.3) is 17.4 Å². The number of carbonyl (C=O) groups excluding carboxylic acids is 1. The van der Waals surface area contributed by atoms with Crippen molar-refractivity contribution < 1.29 is 14.1 Å². The molecule has 0 spiro atoms. The summed E-state index contributed by atoms with van der Waals surface area (Å²) in [6.45, 7) is 0. The standard InChI is InChI=1S/C22H19N5O4S/c23-19-17(12-16-9-10-18(31-16)14-7-4-8-15(11-14)27(29)30)20(28)24-22-26(19)25-21(32-22)13-5-2-1-3-6-13/h4,7-13,23H,1-3,5-6H2. The van der Waals surface area contributed by atoms with Crippen LogP contribution in [0.2, 0.25) is 0 Å². The molecule has 3 aliphatic rings. The summed E-state index contributed by atoms with van der Waals surface area (Å²) in [4.78, 5) is 27.3. The van der Waals surface area contributed by atoms with Gasteiger partial charge in [-0.3, -0.25) is 20.3 Å². The largest absolute Gasteiger partial charge is 0.457 e. The summed E-state index contributed by atoms with van der Waals surface area (Å²) >= 11 is 1.38. The average Bonchev–Trinajstić information content (AvgIpc) is 3.45. The van der Waals surface area contributed by atoms with E-state index >= 15 is 0 Å². The second-order valence-electron chi connectivity index (χ2n) is 7.80. The predicted octanol–water partition coefficient (Wildman–Crippen LogP) is 5.05. The van der Waals surface area contributed by atoms with Crippen molar-refractivity contribution in [1.29, 1.82) is 5.41 Å². The van der Waals surface area contributed by atoms with Gasteiger partial charge < -0.3 is 4.42 Å². The van der Waals surface area contributed by atoms with Gasteiger partial charge >= 0.3 is 0 Å². The molecule has 1 aromatic heterocycles. The Labute approximate surface area is 187 Å². The van der Waals surface area contributed by atoms with E-state index in [1.54, 1.807) is 24.3 Å². The van der Waals surface area contributed by atoms with E-state index in [9.17, 15) is 14.9 Å². The van der Waals surface area contributed by atoms with Crippen molar-refractivity contribution >= 4 is 45.5 Å². The molecule has 10 heteroatoms. The Balaban J connectivity index is 1.40. The molecule has 1 N–H and O–H groups in total. The SMILES string of the molecule is N=C1C(=Cc2ccc(-c3cccc([N+](=O)[O-])c3)o2)C(=O)N=C2SC(C3CCCCC3)=NN12. The quantitative estimate of drug-likeness (QED) is 0.395. The highest BCUT2D eigenvalue weighted by Gasteiger charge is 2.38. The maximum absolute atomic E-state index is 12.6. The lowest BCUT2D eigenvalue weighted by Gasteiger charge is -2.20. The van der Waals surface area contributed by atoms with Crippen LogP contribution < -0.4 is 0 Å². The van der Waals surface area contributed by atoms with Gasteiger partial charge in [-0.2, -0.15) is 15.1 Å². The van der Waals surface area contributed by atoms with Crippen molar-refractivity contribution in [2.24, 2.45) is 16.0 Å². The minimum atomic E-state index is -0.512. The van der Waals surface area contributed by atoms with Crippen LogP contribution in [-0.2, 0) is 4.79 Å². The van der Waals surface area contributed by atoms with Gasteiger partial charge in [-0.05, 0) is 42.8 Å². The molecule has 0 unspecified atom stereocenters. The Bertz CT molecular complexity index is 1220. The molecule has 5 rings (SSSR count). The van der Waals surface area contributed by atoms with Gasteiger partial charge in [-0.1, -0.05) is 31.4 Å². The fraction of sp³-hybridized carbons (Fsp3) is 0.273. The van der Waals surface area contributed by atoms with Crippen molar-refractivity contribution in [3.05, 3.63) is 57.8 Å². The number of nitrogens with one attached hydrogen (secondary N) is 1. The van der Waals surface area contributed by atoms with Crippen molar-refractivity contribution in [2.45, 2.75) is 32.1 Å². The van der Waals surface area contributed by atoms with Crippen LogP contribution in [0.15, 0.2) is 56.5 Å². The van der Waals surface area contributed by atoms with Crippen LogP contribution in [0.3, 0.4) is 0 Å². The summed E-state index contributed by atoms with van der Waals surface area (Å²) in [5.74, 6) is 0.587. The second kappa shape index (κ2) is 8.19. The molecule has 1 aromatic carbocycles. The van der Waals surface area contributed by atoms with Gasteiger partial charge in [-0.25, -0.2) is 0 Å². The Morgan fingerprint density at radius 1 is 1.22 bits per heavy atom. The van der Waals surface area contributed by atoms with Crippen LogP contribution in [0.1, 0.15) is 37.9 Å². The van der Waals surface area contributed by atoms with Crippen LogP contribution in [0.5, 0.6) is 0 Å². The highest BCUT2D eigenvalue weighted by molar-refractivity contribution is 8.27. The zero-order chi connectivity index (χ0) is 22.2. The highest BCUT2D eigenvalue weighted by atomic mass is 32.2. The van der Waals surface area contributed by atoms with E-state index in [2.05, 4.69) is 10.1 Å². The summed E-state index contributed by atoms with van der Waals surface area (Å²) in [5, 5.41) is 26.9. The van der Waals surface area contributed by atoms with Crippen LogP contribution in [0, 0.1) is 21.4 Å². The van der Waals surface area contributed by atoms with E-state index < -0.39 is 10.8 Å². The third-order valence-electron chi connectivity index (χ3n) is 5.68. The Morgan fingerprint density at radius 3 is 2.81 bits per heavy atom. The first-order valence-corrected chi connectivity index (χ1v) is 11.2. The number of hydrogen-bond donors (Lipinski definition) is 1. The molecule has 3 heterocycles. The molecule has 0 radical (unpaired) electrons. The third-order valence-corrected chi connectivity index (χ3v) is 6.75. The van der Waals surface area contributed by atoms with Crippen molar-refractivity contribution in [2.75, 3.05) is 0 Å². The molecule has 2 aromatic rings. The molecule has 32 heavy (non-hydrogen) atoms. The van der Waals surface area contributed by atoms with Gasteiger partial charge in [0.25, 0.3) is 11.6 Å². The molecule has 162 valence electrons. The molecule has 0 atom stereocenters. The lowest BCUT2D eigenvalue weighted by atomic mass is 9.90. The molecule has 1 saturated carbocycles. The zero-order valence-corrected chi connectivity index (χ0v) is 17.8. The molecule has 1 aliphatic carbocycles. The van der Waals surface area contributed by atoms with Gasteiger partial charge in [0.15, 0.2) is 5.84 Å². The number of aliphatic imine (C=N–C) groups is 1. The van der Waals surface area contributed by atoms with Gasteiger partial charge in [0.1, 0.15) is 16.6 Å². The summed E-state index contributed by atoms with van der Waals surface area (Å²) in [6, 6.07) is 9.43.